The first-order chi connectivity index (χ1) is 11.1. The van der Waals surface area contributed by atoms with E-state index < -0.39 is 0 Å². The summed E-state index contributed by atoms with van der Waals surface area (Å²) in [6, 6.07) is 12.4. The van der Waals surface area contributed by atoms with Crippen molar-refractivity contribution in [1.82, 2.24) is 5.32 Å². The highest BCUT2D eigenvalue weighted by atomic mass is 35.5. The van der Waals surface area contributed by atoms with Crippen LogP contribution in [0.5, 0.6) is 11.5 Å². The topological polar surface area (TPSA) is 62.1 Å². The molecule has 1 fully saturated rings. The third kappa shape index (κ3) is 3.26. The number of nitriles is 1. The average Bonchev–Trinajstić information content (AvgIpc) is 2.97. The van der Waals surface area contributed by atoms with Crippen molar-refractivity contribution in [1.29, 1.82) is 5.26 Å². The predicted molar refractivity (Wildman–Crippen MR) is 88.1 cm³/mol. The zero-order valence-electron chi connectivity index (χ0n) is 12.0. The maximum Gasteiger partial charge on any atom is 0.220 e. The Kier molecular flexibility index (Phi) is 4.42. The van der Waals surface area contributed by atoms with Crippen LogP contribution in [0, 0.1) is 11.3 Å². The average molecular weight is 347 g/mol. The van der Waals surface area contributed by atoms with Crippen LogP contribution in [0.25, 0.3) is 0 Å². The zero-order chi connectivity index (χ0) is 16.4. The number of carbonyl (C=O) groups excluding carboxylic acids is 1. The minimum absolute atomic E-state index is 0.0327. The van der Waals surface area contributed by atoms with E-state index in [1.54, 1.807) is 30.3 Å². The van der Waals surface area contributed by atoms with Gasteiger partial charge in [0.2, 0.25) is 5.91 Å². The normalized spacial score (nSPS) is 16.7. The fourth-order valence-electron chi connectivity index (χ4n) is 2.50. The summed E-state index contributed by atoms with van der Waals surface area (Å²) in [4.78, 5) is 11.4. The number of nitrogens with one attached hydrogen (secondary N) is 1. The van der Waals surface area contributed by atoms with Crippen LogP contribution in [-0.2, 0) is 4.79 Å². The summed E-state index contributed by atoms with van der Waals surface area (Å²) in [6.07, 6.45) is 0.441. The van der Waals surface area contributed by atoms with Gasteiger partial charge in [0.25, 0.3) is 0 Å². The molecule has 116 valence electrons. The number of rotatable bonds is 3. The molecule has 0 aliphatic carbocycles. The summed E-state index contributed by atoms with van der Waals surface area (Å²) in [6.45, 7) is 0.593. The van der Waals surface area contributed by atoms with E-state index in [1.165, 1.54) is 0 Å². The predicted octanol–water partition coefficient (Wildman–Crippen LogP) is 4.26. The fourth-order valence-corrected chi connectivity index (χ4v) is 2.87. The Bertz CT molecular complexity index is 815. The van der Waals surface area contributed by atoms with Gasteiger partial charge in [-0.15, -0.1) is 0 Å². The van der Waals surface area contributed by atoms with Gasteiger partial charge in [0.1, 0.15) is 11.8 Å². The van der Waals surface area contributed by atoms with Gasteiger partial charge in [-0.05, 0) is 29.8 Å². The lowest BCUT2D eigenvalue weighted by atomic mass is 9.98. The Morgan fingerprint density at radius 3 is 2.74 bits per heavy atom. The van der Waals surface area contributed by atoms with Gasteiger partial charge < -0.3 is 10.1 Å². The van der Waals surface area contributed by atoms with Gasteiger partial charge in [-0.1, -0.05) is 35.3 Å². The largest absolute Gasteiger partial charge is 0.453 e. The van der Waals surface area contributed by atoms with E-state index in [9.17, 15) is 10.1 Å². The first-order valence-corrected chi connectivity index (χ1v) is 7.76. The quantitative estimate of drug-likeness (QED) is 0.902. The number of hydrogen-bond acceptors (Lipinski definition) is 3. The van der Waals surface area contributed by atoms with E-state index >= 15 is 0 Å². The molecule has 1 atom stereocenters. The van der Waals surface area contributed by atoms with E-state index in [4.69, 9.17) is 27.9 Å². The van der Waals surface area contributed by atoms with Crippen LogP contribution in [0.2, 0.25) is 10.0 Å². The van der Waals surface area contributed by atoms with Crippen molar-refractivity contribution in [3.05, 3.63) is 57.6 Å². The lowest BCUT2D eigenvalue weighted by molar-refractivity contribution is -0.119. The van der Waals surface area contributed by atoms with Gasteiger partial charge in [0.05, 0.1) is 15.6 Å². The molecule has 1 amide bonds. The molecule has 1 saturated heterocycles. The summed E-state index contributed by atoms with van der Waals surface area (Å²) >= 11 is 12.3. The molecule has 0 aromatic heterocycles. The highest BCUT2D eigenvalue weighted by molar-refractivity contribution is 6.33. The monoisotopic (exact) mass is 346 g/mol. The number of benzene rings is 2. The lowest BCUT2D eigenvalue weighted by Crippen LogP contribution is -2.13. The second kappa shape index (κ2) is 6.49. The van der Waals surface area contributed by atoms with Crippen LogP contribution in [0.4, 0.5) is 0 Å². The van der Waals surface area contributed by atoms with Gasteiger partial charge in [-0.3, -0.25) is 4.79 Å². The maximum atomic E-state index is 11.4. The molecule has 6 heteroatoms. The van der Waals surface area contributed by atoms with Crippen molar-refractivity contribution in [3.63, 3.8) is 0 Å². The first kappa shape index (κ1) is 15.7. The van der Waals surface area contributed by atoms with Gasteiger partial charge in [-0.2, -0.15) is 5.26 Å². The number of carbonyl (C=O) groups is 1. The Labute approximate surface area is 143 Å². The molecule has 1 unspecified atom stereocenters. The number of para-hydroxylation sites is 1. The second-order valence-electron chi connectivity index (χ2n) is 5.23. The van der Waals surface area contributed by atoms with Crippen LogP contribution in [0.1, 0.15) is 23.5 Å². The standard InChI is InChI=1S/C17H12Cl2N2O2/c18-13-5-4-10(12-7-16(22)21-9-12)6-15(13)23-17-11(8-20)2-1-3-14(17)19/h1-6,12H,7,9H2,(H,21,22). The molecule has 1 N–H and O–H groups in total. The van der Waals surface area contributed by atoms with Crippen molar-refractivity contribution in [3.8, 4) is 17.6 Å². The van der Waals surface area contributed by atoms with Gasteiger partial charge in [-0.25, -0.2) is 0 Å². The van der Waals surface area contributed by atoms with E-state index in [0.29, 0.717) is 34.3 Å². The molecule has 0 saturated carbocycles. The third-order valence-electron chi connectivity index (χ3n) is 3.70. The summed E-state index contributed by atoms with van der Waals surface area (Å²) in [7, 11) is 0. The van der Waals surface area contributed by atoms with Crippen LogP contribution in [-0.4, -0.2) is 12.5 Å². The fraction of sp³-hybridized carbons (Fsp3) is 0.176. The van der Waals surface area contributed by atoms with Crippen LogP contribution in [0.15, 0.2) is 36.4 Å². The second-order valence-corrected chi connectivity index (χ2v) is 6.04. The molecule has 0 bridgehead atoms. The summed E-state index contributed by atoms with van der Waals surface area (Å²) in [5, 5.41) is 12.7. The molecular formula is C17H12Cl2N2O2. The molecule has 1 aliphatic heterocycles. The maximum absolute atomic E-state index is 11.4. The number of amides is 1. The molecular weight excluding hydrogens is 335 g/mol. The molecule has 1 aliphatic rings. The van der Waals surface area contributed by atoms with Gasteiger partial charge >= 0.3 is 0 Å². The minimum atomic E-state index is 0.0327. The number of ether oxygens (including phenoxy) is 1. The van der Waals surface area contributed by atoms with Crippen LogP contribution >= 0.6 is 23.2 Å². The third-order valence-corrected chi connectivity index (χ3v) is 4.31. The zero-order valence-corrected chi connectivity index (χ0v) is 13.5. The van der Waals surface area contributed by atoms with Crippen LogP contribution in [0.3, 0.4) is 0 Å². The van der Waals surface area contributed by atoms with Crippen molar-refractivity contribution >= 4 is 29.1 Å². The molecule has 0 spiro atoms. The van der Waals surface area contributed by atoms with Crippen molar-refractivity contribution in [2.24, 2.45) is 0 Å². The molecule has 2 aromatic carbocycles. The molecule has 0 radical (unpaired) electrons. The number of hydrogen-bond donors (Lipinski definition) is 1. The van der Waals surface area contributed by atoms with Gasteiger partial charge in [0.15, 0.2) is 5.75 Å². The molecule has 4 nitrogen and oxygen atoms in total. The summed E-state index contributed by atoms with van der Waals surface area (Å²) in [5.74, 6) is 0.804. The van der Waals surface area contributed by atoms with Crippen molar-refractivity contribution in [2.75, 3.05) is 6.54 Å². The van der Waals surface area contributed by atoms with Crippen molar-refractivity contribution in [2.45, 2.75) is 12.3 Å². The van der Waals surface area contributed by atoms with E-state index in [0.717, 1.165) is 5.56 Å². The molecule has 3 rings (SSSR count). The smallest absolute Gasteiger partial charge is 0.220 e. The highest BCUT2D eigenvalue weighted by Crippen LogP contribution is 2.38. The summed E-state index contributed by atoms with van der Waals surface area (Å²) < 4.78 is 5.80. The molecule has 23 heavy (non-hydrogen) atoms. The Morgan fingerprint density at radius 2 is 2.04 bits per heavy atom. The van der Waals surface area contributed by atoms with Crippen molar-refractivity contribution < 1.29 is 9.53 Å². The Morgan fingerprint density at radius 1 is 1.22 bits per heavy atom. The van der Waals surface area contributed by atoms with E-state index in [1.807, 2.05) is 12.1 Å². The van der Waals surface area contributed by atoms with Crippen LogP contribution < -0.4 is 10.1 Å². The SMILES string of the molecule is N#Cc1cccc(Cl)c1Oc1cc(C2CNC(=O)C2)ccc1Cl. The van der Waals surface area contributed by atoms with Gasteiger partial charge in [0, 0.05) is 18.9 Å². The molecule has 1 heterocycles. The first-order valence-electron chi connectivity index (χ1n) is 7.01. The lowest BCUT2D eigenvalue weighted by Gasteiger charge is -2.14. The number of halogens is 2. The van der Waals surface area contributed by atoms with E-state index in [2.05, 4.69) is 5.32 Å². The number of nitrogens with zero attached hydrogens (tertiary/aromatic N) is 1. The Balaban J connectivity index is 1.95. The minimum Gasteiger partial charge on any atom is -0.453 e. The molecule has 2 aromatic rings. The highest BCUT2D eigenvalue weighted by Gasteiger charge is 2.24. The van der Waals surface area contributed by atoms with E-state index in [-0.39, 0.29) is 17.6 Å². The Hall–Kier alpha value is -2.22. The summed E-state index contributed by atoms with van der Waals surface area (Å²) in [5.41, 5.74) is 1.28.